The molecule has 7 nitrogen and oxygen atoms in total. The first kappa shape index (κ1) is 14.0. The van der Waals surface area contributed by atoms with E-state index in [1.807, 2.05) is 18.3 Å². The molecule has 116 valence electrons. The highest BCUT2D eigenvalue weighted by atomic mass is 16.5. The number of ether oxygens (including phenoxy) is 1. The van der Waals surface area contributed by atoms with E-state index in [2.05, 4.69) is 25.0 Å². The number of nitrogens with zero attached hydrogens (tertiary/aromatic N) is 6. The summed E-state index contributed by atoms with van der Waals surface area (Å²) in [7, 11) is 0. The maximum Gasteiger partial charge on any atom is 0.250 e. The van der Waals surface area contributed by atoms with Crippen molar-refractivity contribution in [2.24, 2.45) is 0 Å². The molecule has 3 aromatic rings. The number of hydrogen-bond acceptors (Lipinski definition) is 6. The van der Waals surface area contributed by atoms with E-state index in [-0.39, 0.29) is 0 Å². The largest absolute Gasteiger partial charge is 0.381 e. The molecule has 0 atom stereocenters. The number of rotatable bonds is 3. The average molecular weight is 308 g/mol. The molecule has 0 aromatic carbocycles. The SMILES string of the molecule is c1cc(-c2cnn(-c3nccc(C4CCOCC4)n3)c2)ncn1. The third-order valence-corrected chi connectivity index (χ3v) is 3.97. The lowest BCUT2D eigenvalue weighted by molar-refractivity contribution is 0.0844. The molecule has 0 unspecified atom stereocenters. The molecule has 0 spiro atoms. The summed E-state index contributed by atoms with van der Waals surface area (Å²) in [4.78, 5) is 17.2. The van der Waals surface area contributed by atoms with Gasteiger partial charge >= 0.3 is 0 Å². The Hall–Kier alpha value is -2.67. The van der Waals surface area contributed by atoms with Gasteiger partial charge in [0.1, 0.15) is 6.33 Å². The normalized spacial score (nSPS) is 15.7. The van der Waals surface area contributed by atoms with Gasteiger partial charge in [0.15, 0.2) is 0 Å². The Kier molecular flexibility index (Phi) is 3.77. The van der Waals surface area contributed by atoms with E-state index in [4.69, 9.17) is 4.74 Å². The number of aromatic nitrogens is 6. The summed E-state index contributed by atoms with van der Waals surface area (Å²) in [5, 5.41) is 4.36. The molecule has 0 amide bonds. The van der Waals surface area contributed by atoms with Crippen LogP contribution in [0.4, 0.5) is 0 Å². The van der Waals surface area contributed by atoms with Crippen molar-refractivity contribution in [3.05, 3.63) is 48.9 Å². The first-order valence-corrected chi connectivity index (χ1v) is 7.62. The predicted molar refractivity (Wildman–Crippen MR) is 83.0 cm³/mol. The van der Waals surface area contributed by atoms with Gasteiger partial charge in [0, 0.05) is 49.0 Å². The summed E-state index contributed by atoms with van der Waals surface area (Å²) in [5.74, 6) is 1.01. The van der Waals surface area contributed by atoms with Crippen LogP contribution in [0, 0.1) is 0 Å². The molecule has 7 heteroatoms. The highest BCUT2D eigenvalue weighted by Gasteiger charge is 2.18. The fourth-order valence-electron chi connectivity index (χ4n) is 2.72. The quantitative estimate of drug-likeness (QED) is 0.736. The highest BCUT2D eigenvalue weighted by molar-refractivity contribution is 5.56. The van der Waals surface area contributed by atoms with Crippen molar-refractivity contribution < 1.29 is 4.74 Å². The van der Waals surface area contributed by atoms with E-state index < -0.39 is 0 Å². The van der Waals surface area contributed by atoms with Crippen LogP contribution in [-0.2, 0) is 4.74 Å². The Balaban J connectivity index is 1.62. The minimum Gasteiger partial charge on any atom is -0.381 e. The summed E-state index contributed by atoms with van der Waals surface area (Å²) in [6.07, 6.45) is 10.7. The Labute approximate surface area is 133 Å². The molecule has 3 aromatic heterocycles. The average Bonchev–Trinajstić information content (AvgIpc) is 3.14. The van der Waals surface area contributed by atoms with Gasteiger partial charge in [-0.3, -0.25) is 0 Å². The van der Waals surface area contributed by atoms with E-state index >= 15 is 0 Å². The van der Waals surface area contributed by atoms with Gasteiger partial charge in [0.2, 0.25) is 0 Å². The van der Waals surface area contributed by atoms with Crippen molar-refractivity contribution in [2.75, 3.05) is 13.2 Å². The Bertz CT molecular complexity index is 782. The van der Waals surface area contributed by atoms with Crippen molar-refractivity contribution in [3.8, 4) is 17.2 Å². The van der Waals surface area contributed by atoms with E-state index in [1.54, 1.807) is 23.3 Å². The maximum absolute atomic E-state index is 5.42. The summed E-state index contributed by atoms with van der Waals surface area (Å²) in [5.41, 5.74) is 2.79. The third kappa shape index (κ3) is 2.95. The van der Waals surface area contributed by atoms with Crippen LogP contribution in [0.1, 0.15) is 24.5 Å². The minimum absolute atomic E-state index is 0.433. The van der Waals surface area contributed by atoms with Gasteiger partial charge in [-0.05, 0) is 25.0 Å². The van der Waals surface area contributed by atoms with Crippen LogP contribution >= 0.6 is 0 Å². The molecule has 1 aliphatic heterocycles. The second-order valence-corrected chi connectivity index (χ2v) is 5.44. The lowest BCUT2D eigenvalue weighted by Gasteiger charge is -2.21. The molecular weight excluding hydrogens is 292 g/mol. The Morgan fingerprint density at radius 3 is 2.83 bits per heavy atom. The Morgan fingerprint density at radius 2 is 2.00 bits per heavy atom. The molecule has 0 aliphatic carbocycles. The zero-order valence-corrected chi connectivity index (χ0v) is 12.5. The van der Waals surface area contributed by atoms with Crippen LogP contribution in [0.3, 0.4) is 0 Å². The van der Waals surface area contributed by atoms with Gasteiger partial charge in [0.25, 0.3) is 5.95 Å². The van der Waals surface area contributed by atoms with Crippen LogP contribution < -0.4 is 0 Å². The second-order valence-electron chi connectivity index (χ2n) is 5.44. The highest BCUT2D eigenvalue weighted by Crippen LogP contribution is 2.25. The fraction of sp³-hybridized carbons (Fsp3) is 0.312. The monoisotopic (exact) mass is 308 g/mol. The molecule has 0 N–H and O–H groups in total. The smallest absolute Gasteiger partial charge is 0.250 e. The van der Waals surface area contributed by atoms with Crippen LogP contribution in [0.5, 0.6) is 0 Å². The van der Waals surface area contributed by atoms with Crippen molar-refractivity contribution in [3.63, 3.8) is 0 Å². The van der Waals surface area contributed by atoms with Gasteiger partial charge in [-0.25, -0.2) is 24.6 Å². The van der Waals surface area contributed by atoms with Gasteiger partial charge in [0.05, 0.1) is 11.9 Å². The summed E-state index contributed by atoms with van der Waals surface area (Å²) >= 11 is 0. The van der Waals surface area contributed by atoms with E-state index in [0.717, 1.165) is 43.0 Å². The molecule has 0 radical (unpaired) electrons. The number of hydrogen-bond donors (Lipinski definition) is 0. The Morgan fingerprint density at radius 1 is 1.09 bits per heavy atom. The maximum atomic E-state index is 5.42. The molecule has 0 bridgehead atoms. The molecule has 4 rings (SSSR count). The fourth-order valence-corrected chi connectivity index (χ4v) is 2.72. The topological polar surface area (TPSA) is 78.6 Å². The molecule has 4 heterocycles. The van der Waals surface area contributed by atoms with E-state index in [1.165, 1.54) is 6.33 Å². The lowest BCUT2D eigenvalue weighted by atomic mass is 9.96. The van der Waals surface area contributed by atoms with Gasteiger partial charge < -0.3 is 4.74 Å². The van der Waals surface area contributed by atoms with E-state index in [9.17, 15) is 0 Å². The predicted octanol–water partition coefficient (Wildman–Crippen LogP) is 2.01. The van der Waals surface area contributed by atoms with Gasteiger partial charge in [-0.15, -0.1) is 0 Å². The first-order chi connectivity index (χ1) is 11.4. The lowest BCUT2D eigenvalue weighted by Crippen LogP contribution is -2.16. The second kappa shape index (κ2) is 6.21. The molecule has 1 saturated heterocycles. The van der Waals surface area contributed by atoms with Crippen LogP contribution in [0.15, 0.2) is 43.2 Å². The van der Waals surface area contributed by atoms with Gasteiger partial charge in [-0.1, -0.05) is 0 Å². The van der Waals surface area contributed by atoms with Crippen molar-refractivity contribution in [1.82, 2.24) is 29.7 Å². The van der Waals surface area contributed by atoms with Gasteiger partial charge in [-0.2, -0.15) is 5.10 Å². The summed E-state index contributed by atoms with van der Waals surface area (Å²) < 4.78 is 7.10. The molecule has 1 fully saturated rings. The van der Waals surface area contributed by atoms with Crippen molar-refractivity contribution in [1.29, 1.82) is 0 Å². The summed E-state index contributed by atoms with van der Waals surface area (Å²) in [6.45, 7) is 1.59. The third-order valence-electron chi connectivity index (χ3n) is 3.97. The zero-order valence-electron chi connectivity index (χ0n) is 12.5. The molecule has 1 aliphatic rings. The molecule has 23 heavy (non-hydrogen) atoms. The molecular formula is C16H16N6O. The van der Waals surface area contributed by atoms with Crippen molar-refractivity contribution in [2.45, 2.75) is 18.8 Å². The minimum atomic E-state index is 0.433. The standard InChI is InChI=1S/C16H16N6O/c1-5-17-11-19-14(1)13-9-20-22(10-13)16-18-6-2-15(21-16)12-3-7-23-8-4-12/h1-2,5-6,9-12H,3-4,7-8H2. The zero-order chi connectivity index (χ0) is 15.5. The van der Waals surface area contributed by atoms with Crippen LogP contribution in [0.25, 0.3) is 17.2 Å². The van der Waals surface area contributed by atoms with Crippen molar-refractivity contribution >= 4 is 0 Å². The molecule has 0 saturated carbocycles. The van der Waals surface area contributed by atoms with Crippen LogP contribution in [0.2, 0.25) is 0 Å². The first-order valence-electron chi connectivity index (χ1n) is 7.62. The van der Waals surface area contributed by atoms with Crippen LogP contribution in [-0.4, -0.2) is 42.9 Å². The van der Waals surface area contributed by atoms with E-state index in [0.29, 0.717) is 11.9 Å². The summed E-state index contributed by atoms with van der Waals surface area (Å²) in [6, 6.07) is 3.83.